The largest absolute Gasteiger partial charge is 0.388 e. The first-order valence-corrected chi connectivity index (χ1v) is 10.7. The van der Waals surface area contributed by atoms with E-state index in [2.05, 4.69) is 5.32 Å². The molecule has 3 fully saturated rings. The zero-order valence-electron chi connectivity index (χ0n) is 15.3. The lowest BCUT2D eigenvalue weighted by Gasteiger charge is -2.49. The molecule has 2 heterocycles. The number of hydrogen-bond acceptors (Lipinski definition) is 4. The van der Waals surface area contributed by atoms with Crippen molar-refractivity contribution in [1.82, 2.24) is 10.2 Å². The first-order valence-electron chi connectivity index (χ1n) is 9.84. The van der Waals surface area contributed by atoms with E-state index in [1.54, 1.807) is 18.3 Å². The Morgan fingerprint density at radius 2 is 1.96 bits per heavy atom. The van der Waals surface area contributed by atoms with Crippen LogP contribution in [0.5, 0.6) is 0 Å². The lowest BCUT2D eigenvalue weighted by atomic mass is 9.81. The third-order valence-electron chi connectivity index (χ3n) is 6.25. The molecule has 0 spiro atoms. The minimum absolute atomic E-state index is 0.0371. The van der Waals surface area contributed by atoms with Crippen LogP contribution in [-0.4, -0.2) is 40.0 Å². The smallest absolute Gasteiger partial charge is 0.226 e. The highest BCUT2D eigenvalue weighted by molar-refractivity contribution is 7.10. The van der Waals surface area contributed by atoms with E-state index in [9.17, 15) is 14.7 Å². The summed E-state index contributed by atoms with van der Waals surface area (Å²) < 4.78 is 0. The fourth-order valence-corrected chi connectivity index (χ4v) is 5.32. The highest BCUT2D eigenvalue weighted by atomic mass is 32.1. The number of amides is 2. The van der Waals surface area contributed by atoms with Gasteiger partial charge in [-0.3, -0.25) is 9.59 Å². The molecule has 1 aromatic heterocycles. The molecule has 2 aliphatic carbocycles. The van der Waals surface area contributed by atoms with E-state index in [1.807, 2.05) is 22.4 Å². The van der Waals surface area contributed by atoms with Crippen molar-refractivity contribution < 1.29 is 14.7 Å². The van der Waals surface area contributed by atoms with Crippen molar-refractivity contribution >= 4 is 23.2 Å². The van der Waals surface area contributed by atoms with Crippen LogP contribution in [0, 0.1) is 11.8 Å². The molecule has 26 heavy (non-hydrogen) atoms. The van der Waals surface area contributed by atoms with E-state index in [1.165, 1.54) is 0 Å². The highest BCUT2D eigenvalue weighted by Crippen LogP contribution is 2.42. The molecule has 2 N–H and O–H groups in total. The standard InChI is InChI=1S/C20H28N2O3S/c1-20(25)10-11-22(19(24)14-8-9-14)16(15-7-4-12-26-15)17(20)21-18(23)13-5-2-3-6-13/h4,7,12-14,16-17,25H,2-3,5-6,8-11H2,1H3,(H,21,23). The molecule has 2 saturated carbocycles. The van der Waals surface area contributed by atoms with Gasteiger partial charge in [-0.1, -0.05) is 18.9 Å². The van der Waals surface area contributed by atoms with Gasteiger partial charge in [-0.05, 0) is 50.5 Å². The van der Waals surface area contributed by atoms with Crippen LogP contribution in [0.4, 0.5) is 0 Å². The van der Waals surface area contributed by atoms with E-state index >= 15 is 0 Å². The molecule has 0 radical (unpaired) electrons. The molecule has 0 bridgehead atoms. The number of aliphatic hydroxyl groups is 1. The number of carbonyl (C=O) groups is 2. The summed E-state index contributed by atoms with van der Waals surface area (Å²) in [6.07, 6.45) is 6.46. The van der Waals surface area contributed by atoms with Crippen LogP contribution >= 0.6 is 11.3 Å². The summed E-state index contributed by atoms with van der Waals surface area (Å²) in [5.74, 6) is 0.394. The average Bonchev–Trinajstić information content (AvgIpc) is 3.09. The summed E-state index contributed by atoms with van der Waals surface area (Å²) in [5, 5.41) is 16.3. The highest BCUT2D eigenvalue weighted by Gasteiger charge is 2.50. The molecule has 1 aliphatic heterocycles. The number of thiophene rings is 1. The summed E-state index contributed by atoms with van der Waals surface area (Å²) in [4.78, 5) is 28.7. The maximum absolute atomic E-state index is 12.9. The van der Waals surface area contributed by atoms with Crippen LogP contribution in [-0.2, 0) is 9.59 Å². The summed E-state index contributed by atoms with van der Waals surface area (Å²) in [6.45, 7) is 2.34. The molecular formula is C20H28N2O3S. The van der Waals surface area contributed by atoms with Crippen LogP contribution in [0.15, 0.2) is 17.5 Å². The van der Waals surface area contributed by atoms with Crippen LogP contribution < -0.4 is 5.32 Å². The Labute approximate surface area is 158 Å². The van der Waals surface area contributed by atoms with Crippen molar-refractivity contribution in [2.45, 2.75) is 69.6 Å². The Bertz CT molecular complexity index is 663. The Kier molecular flexibility index (Phi) is 4.82. The van der Waals surface area contributed by atoms with Gasteiger partial charge in [0.05, 0.1) is 17.7 Å². The van der Waals surface area contributed by atoms with E-state index < -0.39 is 11.6 Å². The summed E-state index contributed by atoms with van der Waals surface area (Å²) >= 11 is 1.59. The van der Waals surface area contributed by atoms with E-state index in [0.29, 0.717) is 13.0 Å². The van der Waals surface area contributed by atoms with Crippen LogP contribution in [0.25, 0.3) is 0 Å². The number of nitrogens with zero attached hydrogens (tertiary/aromatic N) is 1. The molecule has 3 aliphatic rings. The van der Waals surface area contributed by atoms with E-state index in [0.717, 1.165) is 43.4 Å². The third-order valence-corrected chi connectivity index (χ3v) is 7.19. The molecular weight excluding hydrogens is 348 g/mol. The first-order chi connectivity index (χ1) is 12.5. The van der Waals surface area contributed by atoms with Crippen LogP contribution in [0.3, 0.4) is 0 Å². The monoisotopic (exact) mass is 376 g/mol. The van der Waals surface area contributed by atoms with Crippen molar-refractivity contribution in [3.8, 4) is 0 Å². The Morgan fingerprint density at radius 1 is 1.23 bits per heavy atom. The lowest BCUT2D eigenvalue weighted by Crippen LogP contribution is -2.63. The van der Waals surface area contributed by atoms with Gasteiger partial charge in [-0.2, -0.15) is 0 Å². The molecule has 3 unspecified atom stereocenters. The average molecular weight is 377 g/mol. The maximum atomic E-state index is 12.9. The predicted molar refractivity (Wildman–Crippen MR) is 101 cm³/mol. The summed E-state index contributed by atoms with van der Waals surface area (Å²) in [7, 11) is 0. The van der Waals surface area contributed by atoms with Gasteiger partial charge in [-0.15, -0.1) is 11.3 Å². The SMILES string of the molecule is CC1(O)CCN(C(=O)C2CC2)C(c2cccs2)C1NC(=O)C1CCCC1. The number of rotatable bonds is 4. The summed E-state index contributed by atoms with van der Waals surface area (Å²) in [5.41, 5.74) is -1.02. The third kappa shape index (κ3) is 3.41. The molecule has 1 saturated heterocycles. The van der Waals surface area contributed by atoms with Gasteiger partial charge < -0.3 is 15.3 Å². The topological polar surface area (TPSA) is 69.6 Å². The van der Waals surface area contributed by atoms with Gasteiger partial charge >= 0.3 is 0 Å². The second kappa shape index (κ2) is 6.97. The molecule has 142 valence electrons. The van der Waals surface area contributed by atoms with Gasteiger partial charge in [0.1, 0.15) is 0 Å². The number of likely N-dealkylation sites (tertiary alicyclic amines) is 1. The molecule has 1 aromatic rings. The van der Waals surface area contributed by atoms with Gasteiger partial charge in [0.2, 0.25) is 11.8 Å². The second-order valence-corrected chi connectivity index (χ2v) is 9.32. The van der Waals surface area contributed by atoms with Crippen LogP contribution in [0.1, 0.15) is 62.8 Å². The quantitative estimate of drug-likeness (QED) is 0.849. The minimum Gasteiger partial charge on any atom is -0.388 e. The van der Waals surface area contributed by atoms with Crippen molar-refractivity contribution in [2.75, 3.05) is 6.54 Å². The zero-order chi connectivity index (χ0) is 18.3. The molecule has 3 atom stereocenters. The molecule has 6 heteroatoms. The van der Waals surface area contributed by atoms with E-state index in [-0.39, 0.29) is 29.7 Å². The van der Waals surface area contributed by atoms with Crippen molar-refractivity contribution in [3.05, 3.63) is 22.4 Å². The lowest BCUT2D eigenvalue weighted by molar-refractivity contribution is -0.147. The molecule has 4 rings (SSSR count). The number of nitrogens with one attached hydrogen (secondary N) is 1. The van der Waals surface area contributed by atoms with Crippen molar-refractivity contribution in [1.29, 1.82) is 0 Å². The Balaban J connectivity index is 1.63. The number of carbonyl (C=O) groups excluding carboxylic acids is 2. The van der Waals surface area contributed by atoms with Crippen molar-refractivity contribution in [3.63, 3.8) is 0 Å². The maximum Gasteiger partial charge on any atom is 0.226 e. The second-order valence-electron chi connectivity index (χ2n) is 8.34. The molecule has 2 amide bonds. The minimum atomic E-state index is -1.02. The normalized spacial score (nSPS) is 32.6. The van der Waals surface area contributed by atoms with E-state index in [4.69, 9.17) is 0 Å². The Hall–Kier alpha value is -1.40. The first kappa shape index (κ1) is 18.0. The van der Waals surface area contributed by atoms with Gasteiger partial charge in [0.15, 0.2) is 0 Å². The van der Waals surface area contributed by atoms with Crippen LogP contribution in [0.2, 0.25) is 0 Å². The summed E-state index contributed by atoms with van der Waals surface area (Å²) in [6, 6.07) is 3.24. The number of hydrogen-bond donors (Lipinski definition) is 2. The van der Waals surface area contributed by atoms with Gasteiger partial charge in [-0.25, -0.2) is 0 Å². The van der Waals surface area contributed by atoms with Crippen molar-refractivity contribution in [2.24, 2.45) is 11.8 Å². The fraction of sp³-hybridized carbons (Fsp3) is 0.700. The van der Waals surface area contributed by atoms with Gasteiger partial charge in [0, 0.05) is 23.3 Å². The molecule has 5 nitrogen and oxygen atoms in total. The predicted octanol–water partition coefficient (Wildman–Crippen LogP) is 2.86. The fourth-order valence-electron chi connectivity index (χ4n) is 4.44. The van der Waals surface area contributed by atoms with Gasteiger partial charge in [0.25, 0.3) is 0 Å². The Morgan fingerprint density at radius 3 is 2.58 bits per heavy atom. The number of piperidine rings is 1. The molecule has 0 aromatic carbocycles. The zero-order valence-corrected chi connectivity index (χ0v) is 16.1.